The van der Waals surface area contributed by atoms with Crippen LogP contribution in [0.1, 0.15) is 17.2 Å². The van der Waals surface area contributed by atoms with Crippen LogP contribution in [-0.2, 0) is 0 Å². The average molecular weight is 382 g/mol. The predicted octanol–water partition coefficient (Wildman–Crippen LogP) is 4.67. The van der Waals surface area contributed by atoms with E-state index in [1.54, 1.807) is 0 Å². The normalized spacial score (nSPS) is 13.0. The van der Waals surface area contributed by atoms with Crippen molar-refractivity contribution in [2.24, 2.45) is 5.73 Å². The first-order valence-corrected chi connectivity index (χ1v) is 6.73. The van der Waals surface area contributed by atoms with Crippen molar-refractivity contribution in [1.82, 2.24) is 0 Å². The van der Waals surface area contributed by atoms with E-state index < -0.39 is 29.8 Å². The number of hydrogen-bond acceptors (Lipinski definition) is 2. The molecule has 22 heavy (non-hydrogen) atoms. The minimum atomic E-state index is -4.81. The molecule has 1 atom stereocenters. The minimum Gasteiger partial charge on any atom is -0.406 e. The van der Waals surface area contributed by atoms with Gasteiger partial charge in [0, 0.05) is 5.56 Å². The lowest BCUT2D eigenvalue weighted by atomic mass is 9.98. The van der Waals surface area contributed by atoms with Crippen molar-refractivity contribution in [3.63, 3.8) is 0 Å². The quantitative estimate of drug-likeness (QED) is 0.619. The molecule has 0 bridgehead atoms. The van der Waals surface area contributed by atoms with Crippen LogP contribution in [0, 0.1) is 11.6 Å². The highest BCUT2D eigenvalue weighted by Gasteiger charge is 2.31. The molecule has 0 saturated carbocycles. The van der Waals surface area contributed by atoms with Gasteiger partial charge in [0.2, 0.25) is 0 Å². The van der Waals surface area contributed by atoms with E-state index in [9.17, 15) is 22.0 Å². The van der Waals surface area contributed by atoms with Gasteiger partial charge in [0.1, 0.15) is 17.4 Å². The predicted molar refractivity (Wildman–Crippen MR) is 73.2 cm³/mol. The van der Waals surface area contributed by atoms with Crippen LogP contribution in [0.5, 0.6) is 5.75 Å². The minimum absolute atomic E-state index is 0.0383. The summed E-state index contributed by atoms with van der Waals surface area (Å²) in [6.07, 6.45) is -4.81. The summed E-state index contributed by atoms with van der Waals surface area (Å²) in [5.41, 5.74) is 5.67. The van der Waals surface area contributed by atoms with Crippen LogP contribution in [-0.4, -0.2) is 6.36 Å². The summed E-state index contributed by atoms with van der Waals surface area (Å²) >= 11 is 2.92. The molecule has 0 aromatic heterocycles. The Hall–Kier alpha value is -1.67. The van der Waals surface area contributed by atoms with Crippen LogP contribution in [0.25, 0.3) is 0 Å². The molecule has 0 amide bonds. The van der Waals surface area contributed by atoms with Crippen molar-refractivity contribution in [3.8, 4) is 5.75 Å². The molecule has 0 unspecified atom stereocenters. The Bertz CT molecular complexity index is 672. The highest BCUT2D eigenvalue weighted by atomic mass is 79.9. The summed E-state index contributed by atoms with van der Waals surface area (Å²) in [6, 6.07) is 5.55. The second-order valence-corrected chi connectivity index (χ2v) is 5.21. The molecular weight excluding hydrogens is 373 g/mol. The molecule has 0 heterocycles. The van der Waals surface area contributed by atoms with Crippen molar-refractivity contribution in [2.75, 3.05) is 0 Å². The Labute approximate surface area is 130 Å². The van der Waals surface area contributed by atoms with Crippen LogP contribution < -0.4 is 10.5 Å². The maximum atomic E-state index is 14.0. The van der Waals surface area contributed by atoms with Gasteiger partial charge in [-0.25, -0.2) is 8.78 Å². The highest BCUT2D eigenvalue weighted by molar-refractivity contribution is 9.10. The monoisotopic (exact) mass is 381 g/mol. The Morgan fingerprint density at radius 1 is 1.00 bits per heavy atom. The first-order chi connectivity index (χ1) is 10.2. The molecule has 0 aliphatic rings. The summed E-state index contributed by atoms with van der Waals surface area (Å²) in [4.78, 5) is 0. The molecule has 0 fully saturated rings. The molecule has 0 aliphatic heterocycles. The van der Waals surface area contributed by atoms with Gasteiger partial charge in [-0.3, -0.25) is 0 Å². The molecule has 8 heteroatoms. The van der Waals surface area contributed by atoms with E-state index in [4.69, 9.17) is 5.73 Å². The van der Waals surface area contributed by atoms with Gasteiger partial charge in [0.25, 0.3) is 0 Å². The molecule has 2 aromatic carbocycles. The Kier molecular flexibility index (Phi) is 4.72. The molecule has 0 aliphatic carbocycles. The van der Waals surface area contributed by atoms with E-state index in [0.717, 1.165) is 18.2 Å². The standard InChI is InChI=1S/C14H9BrF5NO/c15-9-5-6-10(16)11(12(9)17)13(21)7-1-3-8(4-2-7)22-14(18,19)20/h1-6,13H,21H2/t13-/m0/s1. The third kappa shape index (κ3) is 3.75. The molecule has 0 spiro atoms. The van der Waals surface area contributed by atoms with E-state index in [-0.39, 0.29) is 15.6 Å². The van der Waals surface area contributed by atoms with Crippen LogP contribution in [0.3, 0.4) is 0 Å². The number of benzene rings is 2. The smallest absolute Gasteiger partial charge is 0.406 e. The maximum Gasteiger partial charge on any atom is 0.573 e. The fraction of sp³-hybridized carbons (Fsp3) is 0.143. The van der Waals surface area contributed by atoms with Crippen LogP contribution >= 0.6 is 15.9 Å². The van der Waals surface area contributed by atoms with E-state index in [1.807, 2.05) is 0 Å². The number of alkyl halides is 3. The number of nitrogens with two attached hydrogens (primary N) is 1. The first-order valence-electron chi connectivity index (χ1n) is 5.93. The Morgan fingerprint density at radius 2 is 1.59 bits per heavy atom. The van der Waals surface area contributed by atoms with Gasteiger partial charge in [-0.2, -0.15) is 0 Å². The SMILES string of the molecule is N[C@@H](c1ccc(OC(F)(F)F)cc1)c1c(F)ccc(Br)c1F. The van der Waals surface area contributed by atoms with E-state index in [1.165, 1.54) is 18.2 Å². The van der Waals surface area contributed by atoms with Crippen molar-refractivity contribution in [1.29, 1.82) is 0 Å². The van der Waals surface area contributed by atoms with Crippen LogP contribution in [0.15, 0.2) is 40.9 Å². The largest absolute Gasteiger partial charge is 0.573 e. The zero-order chi connectivity index (χ0) is 16.5. The first kappa shape index (κ1) is 16.7. The lowest BCUT2D eigenvalue weighted by Crippen LogP contribution is -2.18. The van der Waals surface area contributed by atoms with E-state index >= 15 is 0 Å². The van der Waals surface area contributed by atoms with Crippen molar-refractivity contribution in [2.45, 2.75) is 12.4 Å². The van der Waals surface area contributed by atoms with Gasteiger partial charge < -0.3 is 10.5 Å². The van der Waals surface area contributed by atoms with Gasteiger partial charge in [0.05, 0.1) is 10.5 Å². The number of ether oxygens (including phenoxy) is 1. The van der Waals surface area contributed by atoms with Crippen LogP contribution in [0.2, 0.25) is 0 Å². The Morgan fingerprint density at radius 3 is 2.14 bits per heavy atom. The summed E-state index contributed by atoms with van der Waals surface area (Å²) in [5, 5.41) is 0. The molecule has 0 saturated heterocycles. The maximum absolute atomic E-state index is 14.0. The fourth-order valence-electron chi connectivity index (χ4n) is 1.87. The van der Waals surface area contributed by atoms with Gasteiger partial charge >= 0.3 is 6.36 Å². The Balaban J connectivity index is 2.31. The average Bonchev–Trinajstić information content (AvgIpc) is 2.42. The fourth-order valence-corrected chi connectivity index (χ4v) is 2.22. The number of rotatable bonds is 3. The van der Waals surface area contributed by atoms with E-state index in [2.05, 4.69) is 20.7 Å². The summed E-state index contributed by atoms with van der Waals surface area (Å²) < 4.78 is 67.7. The second kappa shape index (κ2) is 6.21. The highest BCUT2D eigenvalue weighted by Crippen LogP contribution is 2.30. The molecule has 0 radical (unpaired) electrons. The molecule has 2 nitrogen and oxygen atoms in total. The lowest BCUT2D eigenvalue weighted by Gasteiger charge is -2.16. The summed E-state index contributed by atoms with van der Waals surface area (Å²) in [7, 11) is 0. The zero-order valence-corrected chi connectivity index (χ0v) is 12.4. The van der Waals surface area contributed by atoms with E-state index in [0.29, 0.717) is 0 Å². The summed E-state index contributed by atoms with van der Waals surface area (Å²) in [5.74, 6) is -2.15. The summed E-state index contributed by atoms with van der Waals surface area (Å²) in [6.45, 7) is 0. The topological polar surface area (TPSA) is 35.2 Å². The third-order valence-electron chi connectivity index (χ3n) is 2.86. The lowest BCUT2D eigenvalue weighted by molar-refractivity contribution is -0.274. The molecule has 118 valence electrons. The van der Waals surface area contributed by atoms with Crippen LogP contribution in [0.4, 0.5) is 22.0 Å². The van der Waals surface area contributed by atoms with Gasteiger partial charge in [0.15, 0.2) is 0 Å². The molecule has 2 rings (SSSR count). The van der Waals surface area contributed by atoms with Gasteiger partial charge in [-0.05, 0) is 45.8 Å². The second-order valence-electron chi connectivity index (χ2n) is 4.35. The number of hydrogen-bond donors (Lipinski definition) is 1. The zero-order valence-electron chi connectivity index (χ0n) is 10.8. The van der Waals surface area contributed by atoms with Crippen molar-refractivity contribution < 1.29 is 26.7 Å². The number of halogens is 6. The molecule has 2 N–H and O–H groups in total. The van der Waals surface area contributed by atoms with Gasteiger partial charge in [-0.15, -0.1) is 13.2 Å². The molecule has 2 aromatic rings. The van der Waals surface area contributed by atoms with Crippen molar-refractivity contribution >= 4 is 15.9 Å². The third-order valence-corrected chi connectivity index (χ3v) is 3.48. The van der Waals surface area contributed by atoms with Gasteiger partial charge in [-0.1, -0.05) is 12.1 Å². The van der Waals surface area contributed by atoms with Crippen molar-refractivity contribution in [3.05, 3.63) is 63.6 Å². The molecular formula is C14H9BrF5NO.